The van der Waals surface area contributed by atoms with Crippen LogP contribution < -0.4 is 11.3 Å². The van der Waals surface area contributed by atoms with Gasteiger partial charge >= 0.3 is 11.9 Å². The van der Waals surface area contributed by atoms with E-state index in [0.717, 1.165) is 17.8 Å². The summed E-state index contributed by atoms with van der Waals surface area (Å²) in [5.74, 6) is 4.94. The Kier molecular flexibility index (Phi) is 6.24. The van der Waals surface area contributed by atoms with Crippen LogP contribution in [0.2, 0.25) is 0 Å². The largest absolute Gasteiger partial charge is 0.473 e. The molecule has 4 unspecified atom stereocenters. The third-order valence-corrected chi connectivity index (χ3v) is 4.32. The third-order valence-electron chi connectivity index (χ3n) is 4.32. The van der Waals surface area contributed by atoms with Crippen LogP contribution >= 0.6 is 0 Å². The summed E-state index contributed by atoms with van der Waals surface area (Å²) in [6.45, 7) is 2.17. The summed E-state index contributed by atoms with van der Waals surface area (Å²) in [4.78, 5) is 18.2. The van der Waals surface area contributed by atoms with Gasteiger partial charge in [0.1, 0.15) is 0 Å². The smallest absolute Gasteiger partial charge is 0.414 e. The highest BCUT2D eigenvalue weighted by atomic mass is 16.4. The van der Waals surface area contributed by atoms with Gasteiger partial charge in [0, 0.05) is 6.04 Å². The molecule has 2 fully saturated rings. The quantitative estimate of drug-likeness (QED) is 0.347. The maximum Gasteiger partial charge on any atom is 0.414 e. The van der Waals surface area contributed by atoms with Crippen LogP contribution in [0, 0.1) is 17.8 Å². The summed E-state index contributed by atoms with van der Waals surface area (Å²) >= 11 is 0. The van der Waals surface area contributed by atoms with E-state index in [-0.39, 0.29) is 0 Å². The highest BCUT2D eigenvalue weighted by Gasteiger charge is 2.38. The van der Waals surface area contributed by atoms with Gasteiger partial charge in [-0.1, -0.05) is 6.42 Å². The zero-order valence-electron chi connectivity index (χ0n) is 11.3. The highest BCUT2D eigenvalue weighted by Crippen LogP contribution is 2.49. The first kappa shape index (κ1) is 15.9. The molecule has 2 bridgehead atoms. The number of nitrogens with one attached hydrogen (secondary N) is 1. The molecule has 5 N–H and O–H groups in total. The van der Waals surface area contributed by atoms with Crippen LogP contribution in [0.3, 0.4) is 0 Å². The van der Waals surface area contributed by atoms with Gasteiger partial charge in [-0.05, 0) is 56.8 Å². The molecule has 19 heavy (non-hydrogen) atoms. The maximum atomic E-state index is 9.10. The summed E-state index contributed by atoms with van der Waals surface area (Å²) in [6, 6.07) is 0.499. The van der Waals surface area contributed by atoms with E-state index in [1.165, 1.54) is 38.5 Å². The lowest BCUT2D eigenvalue weighted by molar-refractivity contribution is -0.159. The molecule has 2 aliphatic rings. The molecule has 2 rings (SSSR count). The van der Waals surface area contributed by atoms with Crippen molar-refractivity contribution < 1.29 is 19.8 Å². The molecular weight excluding hydrogens is 248 g/mol. The first-order valence-corrected chi connectivity index (χ1v) is 6.86. The van der Waals surface area contributed by atoms with Crippen molar-refractivity contribution in [2.24, 2.45) is 23.6 Å². The number of carboxylic acids is 2. The SMILES string of the molecule is CC(CCC1CC2CCC1C2)NN.O=C(O)C(=O)O. The molecule has 0 aliphatic heterocycles. The van der Waals surface area contributed by atoms with Crippen molar-refractivity contribution in [3.8, 4) is 0 Å². The van der Waals surface area contributed by atoms with E-state index in [0.29, 0.717) is 6.04 Å². The Bertz CT molecular complexity index is 310. The van der Waals surface area contributed by atoms with Gasteiger partial charge in [0.05, 0.1) is 0 Å². The van der Waals surface area contributed by atoms with Crippen LogP contribution in [0.15, 0.2) is 0 Å². The number of aliphatic carboxylic acids is 2. The monoisotopic (exact) mass is 272 g/mol. The molecule has 110 valence electrons. The molecule has 0 saturated heterocycles. The molecule has 0 aromatic carbocycles. The van der Waals surface area contributed by atoms with Gasteiger partial charge < -0.3 is 10.2 Å². The Morgan fingerprint density at radius 3 is 2.26 bits per heavy atom. The Hall–Kier alpha value is -1.14. The van der Waals surface area contributed by atoms with Crippen LogP contribution in [-0.4, -0.2) is 28.2 Å². The van der Waals surface area contributed by atoms with E-state index in [9.17, 15) is 0 Å². The van der Waals surface area contributed by atoms with Gasteiger partial charge in [0.15, 0.2) is 0 Å². The Morgan fingerprint density at radius 2 is 1.89 bits per heavy atom. The van der Waals surface area contributed by atoms with E-state index in [1.54, 1.807) is 0 Å². The number of nitrogens with two attached hydrogens (primary N) is 1. The standard InChI is InChI=1S/C11H22N2.C2H2O4/c1-8(13-12)2-4-10-6-9-3-5-11(10)7-9;3-1(4)2(5)6/h8-11,13H,2-7,12H2,1H3;(H,3,4)(H,5,6). The number of hydrazine groups is 1. The van der Waals surface area contributed by atoms with Gasteiger partial charge in [-0.15, -0.1) is 0 Å². The number of carbonyl (C=O) groups is 2. The van der Waals surface area contributed by atoms with Crippen molar-refractivity contribution in [1.82, 2.24) is 5.43 Å². The van der Waals surface area contributed by atoms with Gasteiger partial charge in [0.2, 0.25) is 0 Å². The fraction of sp³-hybridized carbons (Fsp3) is 0.846. The predicted molar refractivity (Wildman–Crippen MR) is 70.2 cm³/mol. The molecule has 2 aliphatic carbocycles. The number of carboxylic acid groups (broad SMARTS) is 2. The summed E-state index contributed by atoms with van der Waals surface area (Å²) in [7, 11) is 0. The lowest BCUT2D eigenvalue weighted by Crippen LogP contribution is -2.33. The lowest BCUT2D eigenvalue weighted by atomic mass is 9.85. The second kappa shape index (κ2) is 7.45. The first-order valence-electron chi connectivity index (χ1n) is 6.86. The number of fused-ring (bicyclic) bond motifs is 2. The zero-order valence-corrected chi connectivity index (χ0v) is 11.3. The van der Waals surface area contributed by atoms with Gasteiger partial charge in [-0.3, -0.25) is 11.3 Å². The van der Waals surface area contributed by atoms with Crippen molar-refractivity contribution in [2.75, 3.05) is 0 Å². The highest BCUT2D eigenvalue weighted by molar-refractivity contribution is 6.27. The Labute approximate surface area is 113 Å². The molecule has 0 amide bonds. The van der Waals surface area contributed by atoms with Crippen molar-refractivity contribution in [3.63, 3.8) is 0 Å². The molecular formula is C13H24N2O4. The second-order valence-corrected chi connectivity index (χ2v) is 5.69. The van der Waals surface area contributed by atoms with E-state index in [2.05, 4.69) is 12.3 Å². The molecule has 0 spiro atoms. The average molecular weight is 272 g/mol. The number of hydrogen-bond acceptors (Lipinski definition) is 4. The van der Waals surface area contributed by atoms with E-state index >= 15 is 0 Å². The minimum absolute atomic E-state index is 0.499. The van der Waals surface area contributed by atoms with Crippen molar-refractivity contribution in [2.45, 2.75) is 51.5 Å². The fourth-order valence-corrected chi connectivity index (χ4v) is 3.28. The normalized spacial score (nSPS) is 29.5. The fourth-order valence-electron chi connectivity index (χ4n) is 3.28. The van der Waals surface area contributed by atoms with Gasteiger partial charge in [-0.2, -0.15) is 0 Å². The molecule has 0 radical (unpaired) electrons. The summed E-state index contributed by atoms with van der Waals surface area (Å²) in [5.41, 5.74) is 2.83. The minimum Gasteiger partial charge on any atom is -0.473 e. The van der Waals surface area contributed by atoms with Crippen LogP contribution in [0.4, 0.5) is 0 Å². The summed E-state index contributed by atoms with van der Waals surface area (Å²) in [5, 5.41) is 14.8. The second-order valence-electron chi connectivity index (χ2n) is 5.69. The minimum atomic E-state index is -1.82. The van der Waals surface area contributed by atoms with Crippen molar-refractivity contribution in [1.29, 1.82) is 0 Å². The summed E-state index contributed by atoms with van der Waals surface area (Å²) in [6.07, 6.45) is 8.74. The number of rotatable bonds is 4. The Morgan fingerprint density at radius 1 is 1.26 bits per heavy atom. The predicted octanol–water partition coefficient (Wildman–Crippen LogP) is 1.21. The Balaban J connectivity index is 0.000000258. The zero-order chi connectivity index (χ0) is 14.4. The molecule has 0 heterocycles. The van der Waals surface area contributed by atoms with E-state index in [1.807, 2.05) is 0 Å². The molecule has 0 aromatic heterocycles. The van der Waals surface area contributed by atoms with Crippen molar-refractivity contribution >= 4 is 11.9 Å². The van der Waals surface area contributed by atoms with Gasteiger partial charge in [0.25, 0.3) is 0 Å². The van der Waals surface area contributed by atoms with E-state index < -0.39 is 11.9 Å². The maximum absolute atomic E-state index is 9.10. The van der Waals surface area contributed by atoms with E-state index in [4.69, 9.17) is 25.6 Å². The molecule has 0 aromatic rings. The average Bonchev–Trinajstić information content (AvgIpc) is 2.98. The first-order chi connectivity index (χ1) is 8.93. The van der Waals surface area contributed by atoms with Crippen LogP contribution in [0.25, 0.3) is 0 Å². The third kappa shape index (κ3) is 5.16. The van der Waals surface area contributed by atoms with Crippen LogP contribution in [0.5, 0.6) is 0 Å². The van der Waals surface area contributed by atoms with Crippen LogP contribution in [-0.2, 0) is 9.59 Å². The molecule has 2 saturated carbocycles. The number of hydrogen-bond donors (Lipinski definition) is 4. The molecule has 6 heteroatoms. The molecule has 4 atom stereocenters. The van der Waals surface area contributed by atoms with Crippen molar-refractivity contribution in [3.05, 3.63) is 0 Å². The lowest BCUT2D eigenvalue weighted by Gasteiger charge is -2.22. The summed E-state index contributed by atoms with van der Waals surface area (Å²) < 4.78 is 0. The molecule has 6 nitrogen and oxygen atoms in total. The van der Waals surface area contributed by atoms with Gasteiger partial charge in [-0.25, -0.2) is 9.59 Å². The topological polar surface area (TPSA) is 113 Å². The van der Waals surface area contributed by atoms with Crippen LogP contribution in [0.1, 0.15) is 45.4 Å².